The third-order valence-corrected chi connectivity index (χ3v) is 7.04. The summed E-state index contributed by atoms with van der Waals surface area (Å²) in [6, 6.07) is 9.48. The number of sulfone groups is 1. The number of carbonyl (C=O) groups excluding carboxylic acids is 1. The lowest BCUT2D eigenvalue weighted by molar-refractivity contribution is -0.384. The van der Waals surface area contributed by atoms with Crippen molar-refractivity contribution < 1.29 is 26.6 Å². The number of nitrogens with one attached hydrogen (secondary N) is 1. The van der Waals surface area contributed by atoms with Crippen molar-refractivity contribution in [3.05, 3.63) is 58.6 Å². The predicted octanol–water partition coefficient (Wildman–Crippen LogP) is 0.975. The number of nitrogens with zero attached hydrogens (tertiary/aromatic N) is 2. The summed E-state index contributed by atoms with van der Waals surface area (Å²) in [6.45, 7) is 0. The zero-order chi connectivity index (χ0) is 23.4. The molecule has 13 heteroatoms. The van der Waals surface area contributed by atoms with Crippen molar-refractivity contribution in [2.75, 3.05) is 25.2 Å². The highest BCUT2D eigenvalue weighted by Crippen LogP contribution is 2.29. The van der Waals surface area contributed by atoms with E-state index in [9.17, 15) is 31.7 Å². The number of carbonyl (C=O) groups is 1. The fourth-order valence-corrected chi connectivity index (χ4v) is 4.74. The smallest absolute Gasteiger partial charge is 0.293 e. The molecular formula is C18H22N4O7S2. The van der Waals surface area contributed by atoms with Crippen LogP contribution in [0.5, 0.6) is 0 Å². The molecule has 1 atom stereocenters. The number of hydrogen-bond donors (Lipinski definition) is 2. The molecule has 0 saturated heterocycles. The number of nitro groups is 1. The second-order valence-electron chi connectivity index (χ2n) is 6.91. The molecule has 0 radical (unpaired) electrons. The summed E-state index contributed by atoms with van der Waals surface area (Å²) >= 11 is 0. The Balaban J connectivity index is 2.44. The van der Waals surface area contributed by atoms with Crippen LogP contribution in [0.3, 0.4) is 0 Å². The van der Waals surface area contributed by atoms with Gasteiger partial charge in [-0.25, -0.2) is 22.0 Å². The Morgan fingerprint density at radius 1 is 1.10 bits per heavy atom. The molecule has 0 aromatic heterocycles. The number of nitrogens with two attached hydrogens (primary N) is 1. The van der Waals surface area contributed by atoms with Crippen LogP contribution in [0, 0.1) is 10.1 Å². The Bertz CT molecular complexity index is 1180. The van der Waals surface area contributed by atoms with E-state index >= 15 is 0 Å². The highest BCUT2D eigenvalue weighted by molar-refractivity contribution is 7.91. The lowest BCUT2D eigenvalue weighted by atomic mass is 10.2. The van der Waals surface area contributed by atoms with Crippen LogP contribution in [0.15, 0.2) is 58.3 Å². The average Bonchev–Trinajstić information content (AvgIpc) is 2.67. The van der Waals surface area contributed by atoms with E-state index in [1.54, 1.807) is 18.2 Å². The minimum Gasteiger partial charge on any atom is -0.375 e. The Kier molecular flexibility index (Phi) is 7.36. The first-order chi connectivity index (χ1) is 14.3. The molecule has 11 nitrogen and oxygen atoms in total. The molecule has 0 aliphatic heterocycles. The first-order valence-corrected chi connectivity index (χ1v) is 12.1. The Morgan fingerprint density at radius 3 is 2.23 bits per heavy atom. The second-order valence-corrected chi connectivity index (χ2v) is 10.5. The second kappa shape index (κ2) is 9.41. The van der Waals surface area contributed by atoms with Crippen molar-refractivity contribution in [1.82, 2.24) is 4.90 Å². The lowest BCUT2D eigenvalue weighted by Crippen LogP contribution is -2.35. The molecule has 0 aliphatic rings. The zero-order valence-corrected chi connectivity index (χ0v) is 18.4. The van der Waals surface area contributed by atoms with Crippen molar-refractivity contribution in [1.29, 1.82) is 0 Å². The van der Waals surface area contributed by atoms with Gasteiger partial charge in [0.15, 0.2) is 9.84 Å². The van der Waals surface area contributed by atoms with Gasteiger partial charge in [0.05, 0.1) is 20.5 Å². The van der Waals surface area contributed by atoms with Crippen molar-refractivity contribution >= 4 is 37.1 Å². The third-order valence-electron chi connectivity index (χ3n) is 4.30. The number of amides is 1. The Labute approximate surface area is 180 Å². The maximum atomic E-state index is 12.8. The van der Waals surface area contributed by atoms with E-state index in [2.05, 4.69) is 5.32 Å². The lowest BCUT2D eigenvalue weighted by Gasteiger charge is -2.21. The average molecular weight is 471 g/mol. The molecule has 0 aliphatic carbocycles. The van der Waals surface area contributed by atoms with E-state index in [-0.39, 0.29) is 17.0 Å². The van der Waals surface area contributed by atoms with E-state index in [1.807, 2.05) is 0 Å². The van der Waals surface area contributed by atoms with Crippen LogP contribution in [0.4, 0.5) is 11.4 Å². The van der Waals surface area contributed by atoms with Gasteiger partial charge in [-0.3, -0.25) is 14.9 Å². The van der Waals surface area contributed by atoms with Gasteiger partial charge in [0.1, 0.15) is 5.69 Å². The molecule has 31 heavy (non-hydrogen) atoms. The van der Waals surface area contributed by atoms with Crippen LogP contribution in [-0.2, 0) is 24.7 Å². The normalized spacial score (nSPS) is 12.7. The third kappa shape index (κ3) is 6.47. The van der Waals surface area contributed by atoms with E-state index in [4.69, 9.17) is 5.14 Å². The van der Waals surface area contributed by atoms with Crippen LogP contribution in [0.25, 0.3) is 0 Å². The molecule has 0 heterocycles. The van der Waals surface area contributed by atoms with Crippen molar-refractivity contribution in [2.45, 2.75) is 22.3 Å². The summed E-state index contributed by atoms with van der Waals surface area (Å²) < 4.78 is 48.6. The van der Waals surface area contributed by atoms with Crippen LogP contribution in [0.2, 0.25) is 0 Å². The Hall–Kier alpha value is -3.03. The molecule has 0 spiro atoms. The molecule has 168 valence electrons. The van der Waals surface area contributed by atoms with Gasteiger partial charge in [-0.15, -0.1) is 0 Å². The number of benzene rings is 2. The van der Waals surface area contributed by atoms with Gasteiger partial charge < -0.3 is 10.2 Å². The van der Waals surface area contributed by atoms with Gasteiger partial charge in [-0.05, 0) is 24.3 Å². The minimum atomic E-state index is -4.19. The molecule has 0 fully saturated rings. The molecule has 2 aromatic rings. The van der Waals surface area contributed by atoms with Crippen LogP contribution in [0.1, 0.15) is 6.42 Å². The molecule has 1 amide bonds. The number of sulfonamides is 1. The topological polar surface area (TPSA) is 170 Å². The summed E-state index contributed by atoms with van der Waals surface area (Å²) in [5.41, 5.74) is -0.761. The van der Waals surface area contributed by atoms with Gasteiger partial charge in [0.2, 0.25) is 15.9 Å². The molecule has 0 bridgehead atoms. The summed E-state index contributed by atoms with van der Waals surface area (Å²) in [5, 5.41) is 19.2. The number of primary sulfonamides is 1. The van der Waals surface area contributed by atoms with Gasteiger partial charge >= 0.3 is 0 Å². The number of nitro benzene ring substituents is 1. The maximum absolute atomic E-state index is 12.8. The summed E-state index contributed by atoms with van der Waals surface area (Å²) in [6.07, 6.45) is -0.271. The van der Waals surface area contributed by atoms with E-state index in [0.29, 0.717) is 0 Å². The van der Waals surface area contributed by atoms with Crippen LogP contribution >= 0.6 is 0 Å². The molecule has 3 N–H and O–H groups in total. The minimum absolute atomic E-state index is 0.0400. The van der Waals surface area contributed by atoms with Gasteiger partial charge in [-0.2, -0.15) is 0 Å². The molecule has 0 unspecified atom stereocenters. The fourth-order valence-electron chi connectivity index (χ4n) is 2.72. The van der Waals surface area contributed by atoms with Crippen LogP contribution in [-0.4, -0.2) is 58.5 Å². The quantitative estimate of drug-likeness (QED) is 0.403. The van der Waals surface area contributed by atoms with Crippen molar-refractivity contribution in [3.8, 4) is 0 Å². The summed E-state index contributed by atoms with van der Waals surface area (Å²) in [5.74, 6) is -0.922. The zero-order valence-electron chi connectivity index (χ0n) is 16.8. The predicted molar refractivity (Wildman–Crippen MR) is 114 cm³/mol. The first-order valence-electron chi connectivity index (χ1n) is 8.87. The molecule has 0 saturated carbocycles. The van der Waals surface area contributed by atoms with Crippen molar-refractivity contribution in [3.63, 3.8) is 0 Å². The maximum Gasteiger partial charge on any atom is 0.293 e. The van der Waals surface area contributed by atoms with Crippen molar-refractivity contribution in [2.24, 2.45) is 5.14 Å². The monoisotopic (exact) mass is 470 g/mol. The molecule has 2 aromatic carbocycles. The first kappa shape index (κ1) is 24.2. The summed E-state index contributed by atoms with van der Waals surface area (Å²) in [4.78, 5) is 23.7. The van der Waals surface area contributed by atoms with E-state index in [1.165, 1.54) is 31.1 Å². The largest absolute Gasteiger partial charge is 0.375 e. The fraction of sp³-hybridized carbons (Fsp3) is 0.278. The van der Waals surface area contributed by atoms with E-state index < -0.39 is 53.1 Å². The van der Waals surface area contributed by atoms with Gasteiger partial charge in [0.25, 0.3) is 5.69 Å². The van der Waals surface area contributed by atoms with Gasteiger partial charge in [-0.1, -0.05) is 18.2 Å². The van der Waals surface area contributed by atoms with Gasteiger partial charge in [0, 0.05) is 32.6 Å². The molecular weight excluding hydrogens is 448 g/mol. The van der Waals surface area contributed by atoms with E-state index in [0.717, 1.165) is 18.2 Å². The standard InChI is InChI=1S/C18H22N4O7S2/c1-21(2)18(23)10-13(12-30(26,27)14-6-4-3-5-7-14)20-16-9-8-15(31(19,28)29)11-17(16)22(24)25/h3-9,11,13,20H,10,12H2,1-2H3,(H2,19,28,29)/t13-/m1/s1. The van der Waals surface area contributed by atoms with Crippen LogP contribution < -0.4 is 10.5 Å². The summed E-state index contributed by atoms with van der Waals surface area (Å²) in [7, 11) is -5.03. The number of rotatable bonds is 9. The Morgan fingerprint density at radius 2 is 1.71 bits per heavy atom. The number of hydrogen-bond acceptors (Lipinski definition) is 8. The highest BCUT2D eigenvalue weighted by Gasteiger charge is 2.27. The number of anilines is 1. The molecule has 2 rings (SSSR count). The SMILES string of the molecule is CN(C)C(=O)C[C@H](CS(=O)(=O)c1ccccc1)Nc1ccc(S(N)(=O)=O)cc1[N+](=O)[O-]. The highest BCUT2D eigenvalue weighted by atomic mass is 32.2.